The summed E-state index contributed by atoms with van der Waals surface area (Å²) < 4.78 is 9.92. The number of aryl methyl sites for hydroxylation is 1. The van der Waals surface area contributed by atoms with E-state index in [1.807, 2.05) is 35.0 Å². The van der Waals surface area contributed by atoms with Crippen LogP contribution in [0.2, 0.25) is 0 Å². The second kappa shape index (κ2) is 6.35. The molecule has 0 radical (unpaired) electrons. The fourth-order valence-electron chi connectivity index (χ4n) is 3.46. The molecule has 1 N–H and O–H groups in total. The van der Waals surface area contributed by atoms with Gasteiger partial charge in [-0.05, 0) is 33.6 Å². The van der Waals surface area contributed by atoms with Gasteiger partial charge in [0.25, 0.3) is 0 Å². The summed E-state index contributed by atoms with van der Waals surface area (Å²) >= 11 is 0. The predicted molar refractivity (Wildman–Crippen MR) is 98.9 cm³/mol. The molecule has 1 saturated heterocycles. The SMILES string of the molecule is Cn1cncc1[C@@H]1C[C@H](Nc2ncnc3c2cnn3C(C)(C)C)CCO1. The zero-order chi connectivity index (χ0) is 18.3. The van der Waals surface area contributed by atoms with Crippen molar-refractivity contribution >= 4 is 16.9 Å². The summed E-state index contributed by atoms with van der Waals surface area (Å²) in [5.74, 6) is 0.834. The number of rotatable bonds is 3. The van der Waals surface area contributed by atoms with Gasteiger partial charge in [0.2, 0.25) is 0 Å². The molecule has 1 fully saturated rings. The summed E-state index contributed by atoms with van der Waals surface area (Å²) in [5.41, 5.74) is 1.83. The molecule has 4 rings (SSSR count). The minimum atomic E-state index is -0.128. The molecule has 138 valence electrons. The van der Waals surface area contributed by atoms with Gasteiger partial charge < -0.3 is 14.6 Å². The van der Waals surface area contributed by atoms with Crippen LogP contribution in [0.1, 0.15) is 45.4 Å². The van der Waals surface area contributed by atoms with Crippen LogP contribution in [-0.4, -0.2) is 41.9 Å². The second-order valence-corrected chi connectivity index (χ2v) is 7.84. The highest BCUT2D eigenvalue weighted by Crippen LogP contribution is 2.31. The van der Waals surface area contributed by atoms with Gasteiger partial charge in [-0.2, -0.15) is 5.10 Å². The van der Waals surface area contributed by atoms with E-state index >= 15 is 0 Å². The van der Waals surface area contributed by atoms with E-state index in [1.165, 1.54) is 0 Å². The van der Waals surface area contributed by atoms with Gasteiger partial charge in [0.1, 0.15) is 18.2 Å². The Balaban J connectivity index is 1.57. The van der Waals surface area contributed by atoms with Gasteiger partial charge in [-0.3, -0.25) is 0 Å². The topological polar surface area (TPSA) is 82.7 Å². The van der Waals surface area contributed by atoms with E-state index in [2.05, 4.69) is 46.1 Å². The maximum atomic E-state index is 5.96. The Morgan fingerprint density at radius 1 is 1.23 bits per heavy atom. The van der Waals surface area contributed by atoms with E-state index in [4.69, 9.17) is 4.74 Å². The Labute approximate surface area is 152 Å². The van der Waals surface area contributed by atoms with Gasteiger partial charge in [-0.1, -0.05) is 0 Å². The smallest absolute Gasteiger partial charge is 0.163 e. The first kappa shape index (κ1) is 17.0. The maximum absolute atomic E-state index is 5.96. The summed E-state index contributed by atoms with van der Waals surface area (Å²) in [6.07, 6.45) is 9.00. The molecule has 0 aromatic carbocycles. The minimum absolute atomic E-state index is 0.0448. The third-order valence-corrected chi connectivity index (χ3v) is 4.81. The number of fused-ring (bicyclic) bond motifs is 1. The number of hydrogen-bond donors (Lipinski definition) is 1. The number of aromatic nitrogens is 6. The van der Waals surface area contributed by atoms with E-state index in [0.717, 1.165) is 35.4 Å². The fourth-order valence-corrected chi connectivity index (χ4v) is 3.46. The molecule has 0 bridgehead atoms. The van der Waals surface area contributed by atoms with Crippen LogP contribution in [0.4, 0.5) is 5.82 Å². The van der Waals surface area contributed by atoms with Crippen LogP contribution < -0.4 is 5.32 Å². The van der Waals surface area contributed by atoms with Crippen molar-refractivity contribution in [2.24, 2.45) is 7.05 Å². The lowest BCUT2D eigenvalue weighted by molar-refractivity contribution is 0.00556. The first-order chi connectivity index (χ1) is 12.4. The molecule has 3 aromatic rings. The van der Waals surface area contributed by atoms with Crippen molar-refractivity contribution in [2.45, 2.75) is 51.3 Å². The average Bonchev–Trinajstić information content (AvgIpc) is 3.21. The summed E-state index contributed by atoms with van der Waals surface area (Å²) in [6, 6.07) is 0.278. The maximum Gasteiger partial charge on any atom is 0.163 e. The summed E-state index contributed by atoms with van der Waals surface area (Å²) in [5, 5.41) is 9.06. The van der Waals surface area contributed by atoms with Crippen LogP contribution in [0.5, 0.6) is 0 Å². The molecule has 8 heteroatoms. The normalized spacial score (nSPS) is 21.2. The van der Waals surface area contributed by atoms with Gasteiger partial charge in [0, 0.05) is 19.7 Å². The molecule has 1 aliphatic heterocycles. The van der Waals surface area contributed by atoms with Crippen LogP contribution in [0.25, 0.3) is 11.0 Å². The number of imidazole rings is 1. The third-order valence-electron chi connectivity index (χ3n) is 4.81. The van der Waals surface area contributed by atoms with Gasteiger partial charge in [0.05, 0.1) is 35.3 Å². The Morgan fingerprint density at radius 2 is 2.08 bits per heavy atom. The van der Waals surface area contributed by atoms with E-state index in [-0.39, 0.29) is 17.7 Å². The Kier molecular flexibility index (Phi) is 4.14. The summed E-state index contributed by atoms with van der Waals surface area (Å²) in [4.78, 5) is 13.1. The number of anilines is 1. The molecule has 0 saturated carbocycles. The molecule has 26 heavy (non-hydrogen) atoms. The zero-order valence-electron chi connectivity index (χ0n) is 15.7. The molecule has 4 heterocycles. The average molecular weight is 355 g/mol. The molecule has 1 aliphatic rings. The number of nitrogens with zero attached hydrogens (tertiary/aromatic N) is 6. The van der Waals surface area contributed by atoms with Crippen LogP contribution in [0, 0.1) is 0 Å². The van der Waals surface area contributed by atoms with Gasteiger partial charge in [0.15, 0.2) is 5.65 Å². The van der Waals surface area contributed by atoms with E-state index in [9.17, 15) is 0 Å². The van der Waals surface area contributed by atoms with E-state index in [0.29, 0.717) is 6.61 Å². The molecule has 2 atom stereocenters. The number of nitrogens with one attached hydrogen (secondary N) is 1. The summed E-state index contributed by atoms with van der Waals surface area (Å²) in [7, 11) is 2.00. The molecular formula is C18H25N7O. The first-order valence-corrected chi connectivity index (χ1v) is 8.97. The Bertz CT molecular complexity index is 908. The van der Waals surface area contributed by atoms with Crippen LogP contribution in [0.15, 0.2) is 25.0 Å². The van der Waals surface area contributed by atoms with Crippen molar-refractivity contribution in [2.75, 3.05) is 11.9 Å². The van der Waals surface area contributed by atoms with Crippen molar-refractivity contribution in [3.63, 3.8) is 0 Å². The van der Waals surface area contributed by atoms with Gasteiger partial charge >= 0.3 is 0 Å². The zero-order valence-corrected chi connectivity index (χ0v) is 15.7. The molecule has 8 nitrogen and oxygen atoms in total. The van der Waals surface area contributed by atoms with E-state index < -0.39 is 0 Å². The highest BCUT2D eigenvalue weighted by molar-refractivity contribution is 5.86. The molecular weight excluding hydrogens is 330 g/mol. The van der Waals surface area contributed by atoms with Gasteiger partial charge in [-0.25, -0.2) is 19.6 Å². The lowest BCUT2D eigenvalue weighted by atomic mass is 10.0. The second-order valence-electron chi connectivity index (χ2n) is 7.84. The first-order valence-electron chi connectivity index (χ1n) is 8.97. The predicted octanol–water partition coefficient (Wildman–Crippen LogP) is 2.65. The number of hydrogen-bond acceptors (Lipinski definition) is 6. The van der Waals surface area contributed by atoms with Crippen molar-refractivity contribution in [1.82, 2.24) is 29.3 Å². The highest BCUT2D eigenvalue weighted by atomic mass is 16.5. The largest absolute Gasteiger partial charge is 0.372 e. The van der Waals surface area contributed by atoms with Crippen molar-refractivity contribution in [3.05, 3.63) is 30.7 Å². The minimum Gasteiger partial charge on any atom is -0.372 e. The monoisotopic (exact) mass is 355 g/mol. The lowest BCUT2D eigenvalue weighted by Gasteiger charge is -2.30. The standard InChI is InChI=1S/C18H25N7O/c1-18(2,3)25-17-13(8-22-25)16(20-10-21-17)23-12-5-6-26-15(7-12)14-9-19-11-24(14)4/h8-12,15H,5-7H2,1-4H3,(H,20,21,23)/t12-,15+/m1/s1. The van der Waals surface area contributed by atoms with Crippen molar-refractivity contribution < 1.29 is 4.74 Å². The Hall–Kier alpha value is -2.48. The highest BCUT2D eigenvalue weighted by Gasteiger charge is 2.27. The lowest BCUT2D eigenvalue weighted by Crippen LogP contribution is -2.31. The van der Waals surface area contributed by atoms with Crippen LogP contribution >= 0.6 is 0 Å². The fraction of sp³-hybridized carbons (Fsp3) is 0.556. The summed E-state index contributed by atoms with van der Waals surface area (Å²) in [6.45, 7) is 7.06. The molecule has 3 aromatic heterocycles. The number of ether oxygens (including phenoxy) is 1. The van der Waals surface area contributed by atoms with Crippen molar-refractivity contribution in [1.29, 1.82) is 0 Å². The molecule has 0 spiro atoms. The van der Waals surface area contributed by atoms with Crippen LogP contribution in [-0.2, 0) is 17.3 Å². The Morgan fingerprint density at radius 3 is 2.81 bits per heavy atom. The van der Waals surface area contributed by atoms with Crippen LogP contribution in [0.3, 0.4) is 0 Å². The van der Waals surface area contributed by atoms with Gasteiger partial charge in [-0.15, -0.1) is 0 Å². The molecule has 0 unspecified atom stereocenters. The molecule has 0 amide bonds. The van der Waals surface area contributed by atoms with E-state index in [1.54, 1.807) is 6.33 Å². The molecule has 0 aliphatic carbocycles. The third kappa shape index (κ3) is 3.05. The van der Waals surface area contributed by atoms with Crippen molar-refractivity contribution in [3.8, 4) is 0 Å². The quantitative estimate of drug-likeness (QED) is 0.778.